The minimum atomic E-state index is -0.630. The Morgan fingerprint density at radius 3 is 2.62 bits per heavy atom. The summed E-state index contributed by atoms with van der Waals surface area (Å²) in [7, 11) is 2.67. The summed E-state index contributed by atoms with van der Waals surface area (Å²) in [4.78, 5) is 39.7. The van der Waals surface area contributed by atoms with Crippen molar-refractivity contribution in [1.29, 1.82) is 0 Å². The molecule has 128 valence electrons. The lowest BCUT2D eigenvalue weighted by Crippen LogP contribution is -2.35. The van der Waals surface area contributed by atoms with Gasteiger partial charge in [0.1, 0.15) is 12.2 Å². The number of carbonyl (C=O) groups excluding carboxylic acids is 3. The van der Waals surface area contributed by atoms with Crippen molar-refractivity contribution in [2.75, 3.05) is 32.6 Å². The van der Waals surface area contributed by atoms with Crippen molar-refractivity contribution in [3.63, 3.8) is 0 Å². The Hall–Kier alpha value is -3.03. The largest absolute Gasteiger partial charge is 0.461 e. The second-order valence-electron chi connectivity index (χ2n) is 5.02. The Bertz CT molecular complexity index is 768. The second-order valence-corrected chi connectivity index (χ2v) is 5.02. The zero-order valence-electron chi connectivity index (χ0n) is 13.7. The molecule has 8 heteroatoms. The van der Waals surface area contributed by atoms with Gasteiger partial charge < -0.3 is 24.7 Å². The maximum Gasteiger partial charge on any atom is 0.409 e. The van der Waals surface area contributed by atoms with Crippen molar-refractivity contribution >= 4 is 34.6 Å². The van der Waals surface area contributed by atoms with Gasteiger partial charge in [-0.2, -0.15) is 0 Å². The first-order valence-electron chi connectivity index (χ1n) is 7.34. The molecule has 24 heavy (non-hydrogen) atoms. The quantitative estimate of drug-likeness (QED) is 0.815. The van der Waals surface area contributed by atoms with Gasteiger partial charge in [0.25, 0.3) is 0 Å². The number of likely N-dealkylation sites (N-methyl/N-ethyl adjacent to an activating group) is 1. The number of fused-ring (bicyclic) bond motifs is 1. The van der Waals surface area contributed by atoms with Crippen LogP contribution < -0.4 is 5.32 Å². The number of ether oxygens (including phenoxy) is 2. The van der Waals surface area contributed by atoms with E-state index in [1.807, 2.05) is 6.07 Å². The molecule has 0 fully saturated rings. The van der Waals surface area contributed by atoms with Crippen molar-refractivity contribution < 1.29 is 23.9 Å². The number of benzene rings is 1. The standard InChI is InChI=1S/C16H19N3O5/c1-4-24-15(21)14-13(10-7-5-6-8-11(10)17-14)18-12(20)9-19(2)16(22)23-3/h5-8,17H,4,9H2,1-3H3,(H,18,20). The SMILES string of the molecule is CCOC(=O)c1[nH]c2ccccc2c1NC(=O)CN(C)C(=O)OC. The number of carbonyl (C=O) groups is 3. The van der Waals surface area contributed by atoms with Crippen LogP contribution in [0, 0.1) is 0 Å². The summed E-state index contributed by atoms with van der Waals surface area (Å²) in [5.41, 5.74) is 1.18. The molecule has 0 radical (unpaired) electrons. The van der Waals surface area contributed by atoms with Crippen molar-refractivity contribution in [2.24, 2.45) is 0 Å². The number of hydrogen-bond donors (Lipinski definition) is 2. The molecule has 2 N–H and O–H groups in total. The summed E-state index contributed by atoms with van der Waals surface area (Å²) >= 11 is 0. The molecule has 0 aliphatic rings. The van der Waals surface area contributed by atoms with Crippen molar-refractivity contribution in [1.82, 2.24) is 9.88 Å². The molecule has 0 aliphatic carbocycles. The van der Waals surface area contributed by atoms with Crippen LogP contribution in [0.3, 0.4) is 0 Å². The number of nitrogens with zero attached hydrogens (tertiary/aromatic N) is 1. The zero-order chi connectivity index (χ0) is 17.7. The van der Waals surface area contributed by atoms with Crippen LogP contribution in [0.25, 0.3) is 10.9 Å². The fraction of sp³-hybridized carbons (Fsp3) is 0.312. The summed E-state index contributed by atoms with van der Waals surface area (Å²) in [6.07, 6.45) is -0.630. The maximum absolute atomic E-state index is 12.2. The molecule has 0 atom stereocenters. The smallest absolute Gasteiger partial charge is 0.409 e. The summed E-state index contributed by atoms with van der Waals surface area (Å²) in [5, 5.41) is 3.34. The second kappa shape index (κ2) is 7.49. The molecule has 2 aromatic rings. The molecule has 0 spiro atoms. The number of anilines is 1. The number of esters is 1. The highest BCUT2D eigenvalue weighted by Crippen LogP contribution is 2.28. The van der Waals surface area contributed by atoms with E-state index >= 15 is 0 Å². The fourth-order valence-electron chi connectivity index (χ4n) is 2.24. The highest BCUT2D eigenvalue weighted by molar-refractivity contribution is 6.11. The predicted molar refractivity (Wildman–Crippen MR) is 87.9 cm³/mol. The van der Waals surface area contributed by atoms with Gasteiger partial charge >= 0.3 is 12.1 Å². The molecule has 1 aromatic carbocycles. The molecule has 2 amide bonds. The summed E-state index contributed by atoms with van der Waals surface area (Å²) in [6.45, 7) is 1.70. The third kappa shape index (κ3) is 3.65. The van der Waals surface area contributed by atoms with Gasteiger partial charge in [0.05, 0.1) is 19.4 Å². The van der Waals surface area contributed by atoms with Gasteiger partial charge in [-0.3, -0.25) is 4.79 Å². The van der Waals surface area contributed by atoms with Gasteiger partial charge in [-0.25, -0.2) is 9.59 Å². The lowest BCUT2D eigenvalue weighted by Gasteiger charge is -2.15. The van der Waals surface area contributed by atoms with Crippen LogP contribution in [-0.4, -0.2) is 55.2 Å². The van der Waals surface area contributed by atoms with Crippen molar-refractivity contribution in [3.8, 4) is 0 Å². The molecular formula is C16H19N3O5. The maximum atomic E-state index is 12.2. The van der Waals surface area contributed by atoms with Crippen molar-refractivity contribution in [3.05, 3.63) is 30.0 Å². The molecule has 0 saturated heterocycles. The van der Waals surface area contributed by atoms with E-state index in [-0.39, 0.29) is 18.8 Å². The monoisotopic (exact) mass is 333 g/mol. The Labute approximate surface area is 138 Å². The molecule has 8 nitrogen and oxygen atoms in total. The number of hydrogen-bond acceptors (Lipinski definition) is 5. The van der Waals surface area contributed by atoms with Crippen LogP contribution in [0.15, 0.2) is 24.3 Å². The first-order chi connectivity index (χ1) is 11.5. The number of nitrogens with one attached hydrogen (secondary N) is 2. The molecule has 2 rings (SSSR count). The molecular weight excluding hydrogens is 314 g/mol. The van der Waals surface area contributed by atoms with E-state index < -0.39 is 18.0 Å². The fourth-order valence-corrected chi connectivity index (χ4v) is 2.24. The molecule has 1 aromatic heterocycles. The van der Waals surface area contributed by atoms with E-state index in [9.17, 15) is 14.4 Å². The Kier molecular flexibility index (Phi) is 5.41. The first kappa shape index (κ1) is 17.3. The van der Waals surface area contributed by atoms with Gasteiger partial charge in [0, 0.05) is 18.0 Å². The Morgan fingerprint density at radius 2 is 1.96 bits per heavy atom. The van der Waals surface area contributed by atoms with Crippen LogP contribution >= 0.6 is 0 Å². The van der Waals surface area contributed by atoms with E-state index in [2.05, 4.69) is 15.0 Å². The van der Waals surface area contributed by atoms with Crippen LogP contribution in [-0.2, 0) is 14.3 Å². The number of aromatic nitrogens is 1. The number of para-hydroxylation sites is 1. The summed E-state index contributed by atoms with van der Waals surface area (Å²) in [5.74, 6) is -1.02. The van der Waals surface area contributed by atoms with Gasteiger partial charge in [0.2, 0.25) is 5.91 Å². The molecule has 0 saturated carbocycles. The average molecular weight is 333 g/mol. The van der Waals surface area contributed by atoms with Gasteiger partial charge in [-0.1, -0.05) is 18.2 Å². The molecule has 1 heterocycles. The molecule has 0 unspecified atom stereocenters. The average Bonchev–Trinajstić information content (AvgIpc) is 2.93. The van der Waals surface area contributed by atoms with E-state index in [4.69, 9.17) is 4.74 Å². The van der Waals surface area contributed by atoms with Gasteiger partial charge in [-0.15, -0.1) is 0 Å². The summed E-state index contributed by atoms with van der Waals surface area (Å²) < 4.78 is 9.55. The number of methoxy groups -OCH3 is 1. The number of amides is 2. The number of H-pyrrole nitrogens is 1. The zero-order valence-corrected chi connectivity index (χ0v) is 13.7. The molecule has 0 aliphatic heterocycles. The summed E-state index contributed by atoms with van der Waals surface area (Å²) in [6, 6.07) is 7.16. The minimum Gasteiger partial charge on any atom is -0.461 e. The third-order valence-corrected chi connectivity index (χ3v) is 3.32. The van der Waals surface area contributed by atoms with E-state index in [0.29, 0.717) is 16.6 Å². The third-order valence-electron chi connectivity index (χ3n) is 3.32. The number of aromatic amines is 1. The van der Waals surface area contributed by atoms with Gasteiger partial charge in [-0.05, 0) is 13.0 Å². The van der Waals surface area contributed by atoms with Crippen LogP contribution in [0.5, 0.6) is 0 Å². The van der Waals surface area contributed by atoms with Crippen molar-refractivity contribution in [2.45, 2.75) is 6.92 Å². The van der Waals surface area contributed by atoms with E-state index in [0.717, 1.165) is 4.90 Å². The van der Waals surface area contributed by atoms with Crippen LogP contribution in [0.2, 0.25) is 0 Å². The Balaban J connectivity index is 2.29. The highest BCUT2D eigenvalue weighted by Gasteiger charge is 2.21. The van der Waals surface area contributed by atoms with Gasteiger partial charge in [0.15, 0.2) is 0 Å². The van der Waals surface area contributed by atoms with E-state index in [1.165, 1.54) is 14.2 Å². The normalized spacial score (nSPS) is 10.3. The Morgan fingerprint density at radius 1 is 1.25 bits per heavy atom. The first-order valence-corrected chi connectivity index (χ1v) is 7.34. The van der Waals surface area contributed by atoms with E-state index in [1.54, 1.807) is 25.1 Å². The van der Waals surface area contributed by atoms with Crippen LogP contribution in [0.4, 0.5) is 10.5 Å². The topological polar surface area (TPSA) is 101 Å². The van der Waals surface area contributed by atoms with Crippen LogP contribution in [0.1, 0.15) is 17.4 Å². The lowest BCUT2D eigenvalue weighted by atomic mass is 10.2. The molecule has 0 bridgehead atoms. The predicted octanol–water partition coefficient (Wildman–Crippen LogP) is 1.98. The highest BCUT2D eigenvalue weighted by atomic mass is 16.5. The number of rotatable bonds is 5. The lowest BCUT2D eigenvalue weighted by molar-refractivity contribution is -0.116. The minimum absolute atomic E-state index is 0.159.